The van der Waals surface area contributed by atoms with Crippen LogP contribution < -0.4 is 0 Å². The predicted molar refractivity (Wildman–Crippen MR) is 56.7 cm³/mol. The third kappa shape index (κ3) is 1.88. The highest BCUT2D eigenvalue weighted by Crippen LogP contribution is 2.33. The van der Waals surface area contributed by atoms with Crippen molar-refractivity contribution in [3.63, 3.8) is 0 Å². The monoisotopic (exact) mass is 173 g/mol. The van der Waals surface area contributed by atoms with Crippen LogP contribution in [-0.4, -0.2) is 0 Å². The van der Waals surface area contributed by atoms with Crippen molar-refractivity contribution in [2.75, 3.05) is 0 Å². The normalized spacial score (nSPS) is 18.8. The molecule has 0 atom stereocenters. The van der Waals surface area contributed by atoms with Gasteiger partial charge >= 0.3 is 0 Å². The number of rotatable bonds is 1. The Bertz CT molecular complexity index is 269. The maximum absolute atomic E-state index is 4.10. The van der Waals surface area contributed by atoms with E-state index < -0.39 is 0 Å². The topological polar surface area (TPSA) is 0 Å². The van der Waals surface area contributed by atoms with Crippen LogP contribution in [0.2, 0.25) is 0 Å². The van der Waals surface area contributed by atoms with Crippen molar-refractivity contribution in [2.45, 2.75) is 38.0 Å². The minimum absolute atomic E-state index is 0.794. The predicted octanol–water partition coefficient (Wildman–Crippen LogP) is 3.92. The van der Waals surface area contributed by atoms with Crippen molar-refractivity contribution < 1.29 is 0 Å². The molecule has 0 unspecified atom stereocenters. The first kappa shape index (κ1) is 8.68. The molecule has 0 aromatic heterocycles. The van der Waals surface area contributed by atoms with Gasteiger partial charge in [0.05, 0.1) is 0 Å². The van der Waals surface area contributed by atoms with Crippen LogP contribution >= 0.6 is 0 Å². The smallest absolute Gasteiger partial charge is 0.0533 e. The van der Waals surface area contributed by atoms with Crippen molar-refractivity contribution in [2.24, 2.45) is 0 Å². The minimum atomic E-state index is 0.794. The standard InChI is InChI=1S/C13H17/c1-11-7-5-6-10-13(11)12-8-3-2-4-9-12/h5-7,10,12H,1-4,8-9H2/q-1. The summed E-state index contributed by atoms with van der Waals surface area (Å²) in [6.07, 6.45) is 6.97. The van der Waals surface area contributed by atoms with E-state index in [0.29, 0.717) is 0 Å². The second kappa shape index (κ2) is 3.87. The summed E-state index contributed by atoms with van der Waals surface area (Å²) < 4.78 is 0. The summed E-state index contributed by atoms with van der Waals surface area (Å²) in [6.45, 7) is 4.10. The lowest BCUT2D eigenvalue weighted by Crippen LogP contribution is -2.05. The summed E-state index contributed by atoms with van der Waals surface area (Å²) >= 11 is 0. The van der Waals surface area contributed by atoms with E-state index in [0.717, 1.165) is 5.92 Å². The summed E-state index contributed by atoms with van der Waals surface area (Å²) in [7, 11) is 0. The van der Waals surface area contributed by atoms with E-state index in [4.69, 9.17) is 0 Å². The Hall–Kier alpha value is -0.910. The van der Waals surface area contributed by atoms with Gasteiger partial charge in [-0.05, 0) is 0 Å². The zero-order valence-electron chi connectivity index (χ0n) is 8.13. The van der Waals surface area contributed by atoms with Gasteiger partial charge < -0.3 is 0 Å². The van der Waals surface area contributed by atoms with Crippen LogP contribution in [0.4, 0.5) is 0 Å². The Labute approximate surface area is 81.0 Å². The molecule has 0 heterocycles. The fraction of sp³-hybridized carbons (Fsp3) is 0.462. The molecule has 0 nitrogen and oxygen atoms in total. The molecule has 13 heavy (non-hydrogen) atoms. The molecule has 0 bridgehead atoms. The van der Waals surface area contributed by atoms with Gasteiger partial charge in [-0.1, -0.05) is 44.1 Å². The first-order valence-electron chi connectivity index (χ1n) is 5.29. The molecular formula is C13H17-. The van der Waals surface area contributed by atoms with Crippen LogP contribution in [0.3, 0.4) is 0 Å². The van der Waals surface area contributed by atoms with Crippen molar-refractivity contribution in [1.29, 1.82) is 0 Å². The van der Waals surface area contributed by atoms with Crippen molar-refractivity contribution >= 4 is 0 Å². The minimum Gasteiger partial charge on any atom is -0.198 e. The molecule has 1 aliphatic carbocycles. The van der Waals surface area contributed by atoms with Gasteiger partial charge in [-0.3, -0.25) is 0 Å². The largest absolute Gasteiger partial charge is 0.198 e. The van der Waals surface area contributed by atoms with Crippen molar-refractivity contribution in [3.8, 4) is 0 Å². The van der Waals surface area contributed by atoms with Gasteiger partial charge in [0, 0.05) is 0 Å². The van der Waals surface area contributed by atoms with E-state index in [1.54, 1.807) is 0 Å². The first-order valence-corrected chi connectivity index (χ1v) is 5.29. The lowest BCUT2D eigenvalue weighted by atomic mass is 9.82. The summed E-state index contributed by atoms with van der Waals surface area (Å²) in [5.41, 5.74) is 2.72. The van der Waals surface area contributed by atoms with E-state index in [1.165, 1.54) is 43.2 Å². The first-order chi connectivity index (χ1) is 6.38. The van der Waals surface area contributed by atoms with E-state index in [-0.39, 0.29) is 0 Å². The molecule has 1 aliphatic rings. The fourth-order valence-electron chi connectivity index (χ4n) is 2.35. The number of hydrogen-bond donors (Lipinski definition) is 0. The molecule has 1 saturated carbocycles. The average Bonchev–Trinajstić information content (AvgIpc) is 2.20. The average molecular weight is 173 g/mol. The highest BCUT2D eigenvalue weighted by molar-refractivity contribution is 5.32. The lowest BCUT2D eigenvalue weighted by molar-refractivity contribution is 0.443. The summed E-state index contributed by atoms with van der Waals surface area (Å²) in [5, 5.41) is 0. The van der Waals surface area contributed by atoms with Crippen LogP contribution in [0.1, 0.15) is 49.1 Å². The zero-order chi connectivity index (χ0) is 9.10. The second-order valence-electron chi connectivity index (χ2n) is 4.03. The molecule has 0 radical (unpaired) electrons. The van der Waals surface area contributed by atoms with E-state index in [2.05, 4.69) is 31.2 Å². The number of hydrogen-bond acceptors (Lipinski definition) is 0. The molecule has 0 N–H and O–H groups in total. The van der Waals surface area contributed by atoms with Gasteiger partial charge in [-0.15, -0.1) is 17.7 Å². The maximum atomic E-state index is 4.10. The second-order valence-corrected chi connectivity index (χ2v) is 4.03. The Balaban J connectivity index is 2.18. The molecule has 0 amide bonds. The molecule has 2 rings (SSSR count). The lowest BCUT2D eigenvalue weighted by Gasteiger charge is -2.28. The Morgan fingerprint density at radius 3 is 2.38 bits per heavy atom. The highest BCUT2D eigenvalue weighted by Gasteiger charge is 2.12. The van der Waals surface area contributed by atoms with Crippen LogP contribution in [0.15, 0.2) is 24.3 Å². The Morgan fingerprint density at radius 2 is 1.69 bits per heavy atom. The third-order valence-electron chi connectivity index (χ3n) is 3.10. The zero-order valence-corrected chi connectivity index (χ0v) is 8.13. The molecule has 1 fully saturated rings. The van der Waals surface area contributed by atoms with Gasteiger partial charge in [0.1, 0.15) is 0 Å². The maximum Gasteiger partial charge on any atom is -0.0533 e. The summed E-state index contributed by atoms with van der Waals surface area (Å²) in [5.74, 6) is 0.794. The van der Waals surface area contributed by atoms with Crippen molar-refractivity contribution in [1.82, 2.24) is 0 Å². The Morgan fingerprint density at radius 1 is 1.00 bits per heavy atom. The van der Waals surface area contributed by atoms with Gasteiger partial charge in [-0.2, -0.15) is 18.6 Å². The molecule has 1 aromatic rings. The van der Waals surface area contributed by atoms with Gasteiger partial charge in [0.2, 0.25) is 0 Å². The molecule has 0 heteroatoms. The van der Waals surface area contributed by atoms with Crippen LogP contribution in [0.5, 0.6) is 0 Å². The van der Waals surface area contributed by atoms with Crippen LogP contribution in [0.25, 0.3) is 0 Å². The van der Waals surface area contributed by atoms with E-state index in [9.17, 15) is 0 Å². The quantitative estimate of drug-likeness (QED) is 0.565. The molecule has 70 valence electrons. The molecule has 1 aromatic carbocycles. The van der Waals surface area contributed by atoms with Crippen molar-refractivity contribution in [3.05, 3.63) is 42.3 Å². The van der Waals surface area contributed by atoms with Gasteiger partial charge in [-0.25, -0.2) is 0 Å². The third-order valence-corrected chi connectivity index (χ3v) is 3.10. The number of benzene rings is 1. The summed E-state index contributed by atoms with van der Waals surface area (Å²) in [4.78, 5) is 0. The Kier molecular flexibility index (Phi) is 2.58. The fourth-order valence-corrected chi connectivity index (χ4v) is 2.35. The highest BCUT2D eigenvalue weighted by atomic mass is 14.2. The molecule has 0 spiro atoms. The molecule has 0 aliphatic heterocycles. The van der Waals surface area contributed by atoms with Crippen LogP contribution in [0, 0.1) is 6.92 Å². The van der Waals surface area contributed by atoms with Crippen LogP contribution in [-0.2, 0) is 0 Å². The van der Waals surface area contributed by atoms with E-state index in [1.807, 2.05) is 0 Å². The van der Waals surface area contributed by atoms with Gasteiger partial charge in [0.15, 0.2) is 0 Å². The van der Waals surface area contributed by atoms with E-state index >= 15 is 0 Å². The summed E-state index contributed by atoms with van der Waals surface area (Å²) in [6, 6.07) is 8.59. The van der Waals surface area contributed by atoms with Gasteiger partial charge in [0.25, 0.3) is 0 Å². The SMILES string of the molecule is [CH2-]c1ccccc1C1CCCCC1. The molecule has 0 saturated heterocycles. The molecular weight excluding hydrogens is 156 g/mol.